The molecular formula is C12H15BrClNO. The molecule has 0 atom stereocenters. The van der Waals surface area contributed by atoms with Crippen LogP contribution in [0.5, 0.6) is 0 Å². The van der Waals surface area contributed by atoms with Crippen molar-refractivity contribution in [2.75, 3.05) is 5.32 Å². The van der Waals surface area contributed by atoms with Gasteiger partial charge in [0.15, 0.2) is 0 Å². The van der Waals surface area contributed by atoms with Crippen LogP contribution in [0.25, 0.3) is 0 Å². The summed E-state index contributed by atoms with van der Waals surface area (Å²) in [6, 6.07) is 5.38. The van der Waals surface area contributed by atoms with Gasteiger partial charge in [0.25, 0.3) is 0 Å². The van der Waals surface area contributed by atoms with Gasteiger partial charge in [-0.15, -0.1) is 0 Å². The summed E-state index contributed by atoms with van der Waals surface area (Å²) in [4.78, 5) is 11.9. The van der Waals surface area contributed by atoms with Crippen molar-refractivity contribution in [3.63, 3.8) is 0 Å². The average Bonchev–Trinajstić information content (AvgIpc) is 2.23. The molecule has 0 aromatic heterocycles. The van der Waals surface area contributed by atoms with Crippen LogP contribution >= 0.6 is 27.5 Å². The molecule has 1 aromatic carbocycles. The maximum absolute atomic E-state index is 11.9. The minimum atomic E-state index is -0.383. The van der Waals surface area contributed by atoms with Gasteiger partial charge in [0.2, 0.25) is 5.91 Å². The average molecular weight is 305 g/mol. The number of hydrogen-bond donors (Lipinski definition) is 1. The molecule has 0 radical (unpaired) electrons. The summed E-state index contributed by atoms with van der Waals surface area (Å²) in [5.41, 5.74) is 0.258. The highest BCUT2D eigenvalue weighted by Gasteiger charge is 2.25. The third kappa shape index (κ3) is 3.22. The van der Waals surface area contributed by atoms with Gasteiger partial charge < -0.3 is 5.32 Å². The lowest BCUT2D eigenvalue weighted by molar-refractivity contribution is -0.124. The zero-order valence-electron chi connectivity index (χ0n) is 9.60. The van der Waals surface area contributed by atoms with E-state index in [2.05, 4.69) is 21.2 Å². The molecule has 1 aromatic rings. The van der Waals surface area contributed by atoms with E-state index < -0.39 is 0 Å². The van der Waals surface area contributed by atoms with Crippen LogP contribution in [0.2, 0.25) is 5.02 Å². The fraction of sp³-hybridized carbons (Fsp3) is 0.417. The van der Waals surface area contributed by atoms with E-state index >= 15 is 0 Å². The number of rotatable bonds is 3. The van der Waals surface area contributed by atoms with E-state index in [9.17, 15) is 4.79 Å². The molecular weight excluding hydrogens is 289 g/mol. The topological polar surface area (TPSA) is 29.1 Å². The number of amides is 1. The summed E-state index contributed by atoms with van der Waals surface area (Å²) in [5.74, 6) is -0.0185. The molecule has 1 rings (SSSR count). The van der Waals surface area contributed by atoms with Crippen molar-refractivity contribution in [3.8, 4) is 0 Å². The molecule has 88 valence electrons. The molecule has 0 spiro atoms. The fourth-order valence-corrected chi connectivity index (χ4v) is 1.57. The normalized spacial score (nSPS) is 11.3. The SMILES string of the molecule is CCC(C)(C)C(=O)Nc1cc(Br)ccc1Cl. The fourth-order valence-electron chi connectivity index (χ4n) is 1.05. The van der Waals surface area contributed by atoms with E-state index in [0.717, 1.165) is 10.9 Å². The third-order valence-electron chi connectivity index (χ3n) is 2.68. The van der Waals surface area contributed by atoms with Crippen molar-refractivity contribution in [2.45, 2.75) is 27.2 Å². The number of anilines is 1. The number of halogens is 2. The van der Waals surface area contributed by atoms with E-state index in [1.807, 2.05) is 26.8 Å². The Labute approximate surface area is 110 Å². The minimum absolute atomic E-state index is 0.0185. The van der Waals surface area contributed by atoms with Crippen molar-refractivity contribution < 1.29 is 4.79 Å². The van der Waals surface area contributed by atoms with Crippen molar-refractivity contribution in [2.24, 2.45) is 5.41 Å². The van der Waals surface area contributed by atoms with Gasteiger partial charge in [-0.1, -0.05) is 48.3 Å². The second-order valence-electron chi connectivity index (χ2n) is 4.32. The van der Waals surface area contributed by atoms with E-state index in [4.69, 9.17) is 11.6 Å². The van der Waals surface area contributed by atoms with Crippen molar-refractivity contribution >= 4 is 39.1 Å². The molecule has 0 aliphatic carbocycles. The predicted octanol–water partition coefficient (Wildman–Crippen LogP) is 4.48. The van der Waals surface area contributed by atoms with Gasteiger partial charge in [-0.2, -0.15) is 0 Å². The van der Waals surface area contributed by atoms with Gasteiger partial charge in [0, 0.05) is 9.89 Å². The lowest BCUT2D eigenvalue weighted by Crippen LogP contribution is -2.30. The number of carbonyl (C=O) groups is 1. The lowest BCUT2D eigenvalue weighted by atomic mass is 9.89. The number of carbonyl (C=O) groups excluding carboxylic acids is 1. The molecule has 1 amide bonds. The van der Waals surface area contributed by atoms with Crippen LogP contribution in [0.3, 0.4) is 0 Å². The minimum Gasteiger partial charge on any atom is -0.324 e. The first-order chi connectivity index (χ1) is 7.36. The van der Waals surface area contributed by atoms with Gasteiger partial charge in [-0.3, -0.25) is 4.79 Å². The Hall–Kier alpha value is -0.540. The zero-order chi connectivity index (χ0) is 12.3. The Morgan fingerprint density at radius 3 is 2.69 bits per heavy atom. The Bertz CT molecular complexity index is 404. The molecule has 0 saturated heterocycles. The lowest BCUT2D eigenvalue weighted by Gasteiger charge is -2.21. The van der Waals surface area contributed by atoms with Crippen molar-refractivity contribution in [1.82, 2.24) is 0 Å². The Morgan fingerprint density at radius 2 is 2.12 bits per heavy atom. The smallest absolute Gasteiger partial charge is 0.230 e. The molecule has 4 heteroatoms. The maximum atomic E-state index is 11.9. The van der Waals surface area contributed by atoms with Crippen LogP contribution in [0, 0.1) is 5.41 Å². The molecule has 0 aliphatic heterocycles. The monoisotopic (exact) mass is 303 g/mol. The molecule has 0 unspecified atom stereocenters. The van der Waals surface area contributed by atoms with Crippen LogP contribution in [0.4, 0.5) is 5.69 Å². The largest absolute Gasteiger partial charge is 0.324 e. The predicted molar refractivity (Wildman–Crippen MR) is 71.9 cm³/mol. The number of nitrogens with one attached hydrogen (secondary N) is 1. The van der Waals surface area contributed by atoms with Gasteiger partial charge >= 0.3 is 0 Å². The highest BCUT2D eigenvalue weighted by molar-refractivity contribution is 9.10. The van der Waals surface area contributed by atoms with Crippen LogP contribution in [-0.2, 0) is 4.79 Å². The second kappa shape index (κ2) is 5.19. The summed E-state index contributed by atoms with van der Waals surface area (Å²) >= 11 is 9.34. The molecule has 0 heterocycles. The summed E-state index contributed by atoms with van der Waals surface area (Å²) in [6.45, 7) is 5.81. The molecule has 16 heavy (non-hydrogen) atoms. The quantitative estimate of drug-likeness (QED) is 0.876. The molecule has 0 aliphatic rings. The third-order valence-corrected chi connectivity index (χ3v) is 3.50. The van der Waals surface area contributed by atoms with Crippen LogP contribution in [0.1, 0.15) is 27.2 Å². The summed E-state index contributed by atoms with van der Waals surface area (Å²) < 4.78 is 0.890. The number of benzene rings is 1. The van der Waals surface area contributed by atoms with Gasteiger partial charge in [-0.25, -0.2) is 0 Å². The maximum Gasteiger partial charge on any atom is 0.230 e. The van der Waals surface area contributed by atoms with E-state index in [1.54, 1.807) is 12.1 Å². The van der Waals surface area contributed by atoms with E-state index in [1.165, 1.54) is 0 Å². The first kappa shape index (κ1) is 13.5. The number of hydrogen-bond acceptors (Lipinski definition) is 1. The Kier molecular flexibility index (Phi) is 4.39. The Morgan fingerprint density at radius 1 is 1.50 bits per heavy atom. The Balaban J connectivity index is 2.89. The van der Waals surface area contributed by atoms with Crippen molar-refractivity contribution in [1.29, 1.82) is 0 Å². The van der Waals surface area contributed by atoms with E-state index in [-0.39, 0.29) is 11.3 Å². The zero-order valence-corrected chi connectivity index (χ0v) is 11.9. The highest BCUT2D eigenvalue weighted by atomic mass is 79.9. The van der Waals surface area contributed by atoms with Crippen LogP contribution in [0.15, 0.2) is 22.7 Å². The summed E-state index contributed by atoms with van der Waals surface area (Å²) in [6.07, 6.45) is 0.782. The summed E-state index contributed by atoms with van der Waals surface area (Å²) in [7, 11) is 0. The van der Waals surface area contributed by atoms with Crippen LogP contribution in [-0.4, -0.2) is 5.91 Å². The van der Waals surface area contributed by atoms with Crippen molar-refractivity contribution in [3.05, 3.63) is 27.7 Å². The van der Waals surface area contributed by atoms with Crippen LogP contribution < -0.4 is 5.32 Å². The van der Waals surface area contributed by atoms with Gasteiger partial charge in [0.05, 0.1) is 10.7 Å². The first-order valence-corrected chi connectivity index (χ1v) is 6.30. The van der Waals surface area contributed by atoms with Gasteiger partial charge in [-0.05, 0) is 24.6 Å². The molecule has 0 bridgehead atoms. The second-order valence-corrected chi connectivity index (χ2v) is 5.64. The molecule has 2 nitrogen and oxygen atoms in total. The summed E-state index contributed by atoms with van der Waals surface area (Å²) in [5, 5.41) is 3.39. The van der Waals surface area contributed by atoms with E-state index in [0.29, 0.717) is 10.7 Å². The molecule has 1 N–H and O–H groups in total. The molecule has 0 saturated carbocycles. The standard InChI is InChI=1S/C12H15BrClNO/c1-4-12(2,3)11(16)15-10-7-8(13)5-6-9(10)14/h5-7H,4H2,1-3H3,(H,15,16). The highest BCUT2D eigenvalue weighted by Crippen LogP contribution is 2.28. The van der Waals surface area contributed by atoms with Gasteiger partial charge in [0.1, 0.15) is 0 Å². The first-order valence-electron chi connectivity index (χ1n) is 5.13. The molecule has 0 fully saturated rings.